The van der Waals surface area contributed by atoms with Crippen LogP contribution in [-0.4, -0.2) is 37.1 Å². The van der Waals surface area contributed by atoms with E-state index >= 15 is 0 Å². The molecule has 25 heavy (non-hydrogen) atoms. The lowest BCUT2D eigenvalue weighted by atomic mass is 9.89. The molecule has 0 saturated carbocycles. The molecule has 2 atom stereocenters. The van der Waals surface area contributed by atoms with E-state index in [0.717, 1.165) is 24.2 Å². The van der Waals surface area contributed by atoms with Gasteiger partial charge in [-0.05, 0) is 55.9 Å². The topological polar surface area (TPSA) is 73.5 Å². The number of nitrogens with one attached hydrogen (secondary N) is 3. The van der Waals surface area contributed by atoms with Crippen LogP contribution in [0.15, 0.2) is 24.3 Å². The number of urea groups is 1. The predicted octanol–water partition coefficient (Wildman–Crippen LogP) is 2.50. The number of hydrogen-bond donors (Lipinski definition) is 3. The summed E-state index contributed by atoms with van der Waals surface area (Å²) in [6.45, 7) is 1.36. The Morgan fingerprint density at radius 1 is 1.16 bits per heavy atom. The van der Waals surface area contributed by atoms with E-state index in [0.29, 0.717) is 37.5 Å². The molecule has 2 bridgehead atoms. The number of benzene rings is 1. The first-order valence-electron chi connectivity index (χ1n) is 8.89. The van der Waals surface area contributed by atoms with Gasteiger partial charge in [-0.15, -0.1) is 12.4 Å². The maximum atomic E-state index is 12.3. The van der Waals surface area contributed by atoms with Gasteiger partial charge in [-0.2, -0.15) is 0 Å². The molecule has 3 amide bonds. The fourth-order valence-electron chi connectivity index (χ4n) is 4.26. The van der Waals surface area contributed by atoms with E-state index in [1.807, 2.05) is 24.3 Å². The van der Waals surface area contributed by atoms with Crippen molar-refractivity contribution in [2.24, 2.45) is 5.92 Å². The van der Waals surface area contributed by atoms with Crippen LogP contribution >= 0.6 is 12.4 Å². The number of anilines is 2. The predicted molar refractivity (Wildman–Crippen MR) is 100 cm³/mol. The van der Waals surface area contributed by atoms with Crippen LogP contribution in [0.3, 0.4) is 0 Å². The van der Waals surface area contributed by atoms with Crippen molar-refractivity contribution < 1.29 is 9.59 Å². The monoisotopic (exact) mass is 364 g/mol. The van der Waals surface area contributed by atoms with Gasteiger partial charge in [0.25, 0.3) is 0 Å². The van der Waals surface area contributed by atoms with E-state index in [1.54, 1.807) is 4.90 Å². The zero-order valence-electron chi connectivity index (χ0n) is 14.2. The molecule has 6 nitrogen and oxygen atoms in total. The van der Waals surface area contributed by atoms with Crippen molar-refractivity contribution in [1.82, 2.24) is 10.6 Å². The van der Waals surface area contributed by atoms with Crippen LogP contribution < -0.4 is 20.9 Å². The molecule has 136 valence electrons. The first-order chi connectivity index (χ1) is 11.7. The number of nitrogens with zero attached hydrogens (tertiary/aromatic N) is 1. The van der Waals surface area contributed by atoms with Crippen LogP contribution in [-0.2, 0) is 4.79 Å². The van der Waals surface area contributed by atoms with Crippen molar-refractivity contribution in [3.63, 3.8) is 0 Å². The summed E-state index contributed by atoms with van der Waals surface area (Å²) in [6, 6.07) is 8.67. The smallest absolute Gasteiger partial charge is 0.321 e. The van der Waals surface area contributed by atoms with E-state index in [4.69, 9.17) is 0 Å². The van der Waals surface area contributed by atoms with E-state index in [9.17, 15) is 9.59 Å². The molecule has 1 aromatic rings. The van der Waals surface area contributed by atoms with Gasteiger partial charge < -0.3 is 16.0 Å². The number of carbonyl (C=O) groups is 2. The molecule has 0 aromatic heterocycles. The number of fused-ring (bicyclic) bond motifs is 2. The third-order valence-electron chi connectivity index (χ3n) is 5.36. The molecule has 3 fully saturated rings. The van der Waals surface area contributed by atoms with Gasteiger partial charge in [-0.3, -0.25) is 9.69 Å². The zero-order valence-corrected chi connectivity index (χ0v) is 15.0. The van der Waals surface area contributed by atoms with Crippen LogP contribution in [0.2, 0.25) is 0 Å². The Labute approximate surface area is 154 Å². The largest absolute Gasteiger partial charge is 0.336 e. The lowest BCUT2D eigenvalue weighted by Gasteiger charge is -2.28. The summed E-state index contributed by atoms with van der Waals surface area (Å²) in [7, 11) is 0. The molecule has 4 rings (SSSR count). The highest BCUT2D eigenvalue weighted by molar-refractivity contribution is 5.95. The molecule has 3 aliphatic rings. The average molecular weight is 365 g/mol. The van der Waals surface area contributed by atoms with Crippen molar-refractivity contribution in [1.29, 1.82) is 0 Å². The van der Waals surface area contributed by atoms with Gasteiger partial charge in [0.15, 0.2) is 0 Å². The molecular formula is C18H25ClN4O2. The molecule has 0 spiro atoms. The molecule has 2 unspecified atom stereocenters. The molecule has 3 saturated heterocycles. The summed E-state index contributed by atoms with van der Waals surface area (Å²) in [5, 5.41) is 9.39. The minimum absolute atomic E-state index is 0. The highest BCUT2D eigenvalue weighted by Gasteiger charge is 2.34. The number of carbonyl (C=O) groups excluding carboxylic acids is 2. The molecule has 3 N–H and O–H groups in total. The standard InChI is InChI=1S/C18H24N4O2.ClH/c23-17(11-12-9-14-1-2-15(10-12)20-14)21-13-3-5-16(6-4-13)22-8-7-19-18(22)24;/h3-6,12,14-15,20H,1-2,7-11H2,(H,19,24)(H,21,23);1H. The Kier molecular flexibility index (Phi) is 5.49. The Morgan fingerprint density at radius 2 is 1.84 bits per heavy atom. The third kappa shape index (κ3) is 4.07. The van der Waals surface area contributed by atoms with Crippen LogP contribution in [0, 0.1) is 5.92 Å². The lowest BCUT2D eigenvalue weighted by molar-refractivity contribution is -0.117. The SMILES string of the molecule is Cl.O=C(CC1CC2CCC(C1)N2)Nc1ccc(N2CCNC2=O)cc1. The first kappa shape index (κ1) is 18.0. The maximum absolute atomic E-state index is 12.3. The number of piperidine rings is 1. The molecular weight excluding hydrogens is 340 g/mol. The number of halogens is 1. The fourth-order valence-corrected chi connectivity index (χ4v) is 4.26. The maximum Gasteiger partial charge on any atom is 0.321 e. The third-order valence-corrected chi connectivity index (χ3v) is 5.36. The van der Waals surface area contributed by atoms with Crippen molar-refractivity contribution >= 4 is 35.7 Å². The Hall–Kier alpha value is -1.79. The average Bonchev–Trinajstić information content (AvgIpc) is 3.13. The highest BCUT2D eigenvalue weighted by atomic mass is 35.5. The van der Waals surface area contributed by atoms with Gasteiger partial charge >= 0.3 is 6.03 Å². The molecule has 1 aromatic carbocycles. The van der Waals surface area contributed by atoms with Gasteiger partial charge in [0, 0.05) is 43.0 Å². The van der Waals surface area contributed by atoms with Gasteiger partial charge in [0.05, 0.1) is 0 Å². The van der Waals surface area contributed by atoms with E-state index in [1.165, 1.54) is 12.8 Å². The summed E-state index contributed by atoms with van der Waals surface area (Å²) < 4.78 is 0. The van der Waals surface area contributed by atoms with Gasteiger partial charge in [-0.25, -0.2) is 4.79 Å². The Balaban J connectivity index is 0.00000182. The zero-order chi connectivity index (χ0) is 16.5. The number of amides is 3. The second kappa shape index (κ2) is 7.62. The number of rotatable bonds is 4. The molecule has 7 heteroatoms. The van der Waals surface area contributed by atoms with Crippen molar-refractivity contribution in [2.45, 2.75) is 44.2 Å². The molecule has 0 radical (unpaired) electrons. The van der Waals surface area contributed by atoms with Crippen LogP contribution in [0.4, 0.5) is 16.2 Å². The Bertz CT molecular complexity index is 624. The summed E-state index contributed by atoms with van der Waals surface area (Å²) in [5.74, 6) is 0.587. The van der Waals surface area contributed by atoms with Gasteiger partial charge in [-0.1, -0.05) is 0 Å². The van der Waals surface area contributed by atoms with E-state index in [-0.39, 0.29) is 24.3 Å². The van der Waals surface area contributed by atoms with Crippen LogP contribution in [0.25, 0.3) is 0 Å². The normalized spacial score (nSPS) is 27.6. The minimum Gasteiger partial charge on any atom is -0.336 e. The van der Waals surface area contributed by atoms with Crippen molar-refractivity contribution in [2.75, 3.05) is 23.3 Å². The summed E-state index contributed by atoms with van der Waals surface area (Å²) in [5.41, 5.74) is 1.65. The van der Waals surface area contributed by atoms with Gasteiger partial charge in [0.1, 0.15) is 0 Å². The molecule has 3 aliphatic heterocycles. The summed E-state index contributed by atoms with van der Waals surface area (Å²) in [4.78, 5) is 25.7. The van der Waals surface area contributed by atoms with Crippen molar-refractivity contribution in [3.05, 3.63) is 24.3 Å². The van der Waals surface area contributed by atoms with E-state index in [2.05, 4.69) is 16.0 Å². The summed E-state index contributed by atoms with van der Waals surface area (Å²) >= 11 is 0. The Morgan fingerprint density at radius 3 is 2.44 bits per heavy atom. The minimum atomic E-state index is -0.0627. The molecule has 3 heterocycles. The second-order valence-corrected chi connectivity index (χ2v) is 7.16. The molecule has 0 aliphatic carbocycles. The number of hydrogen-bond acceptors (Lipinski definition) is 3. The lowest BCUT2D eigenvalue weighted by Crippen LogP contribution is -2.39. The fraction of sp³-hybridized carbons (Fsp3) is 0.556. The summed E-state index contributed by atoms with van der Waals surface area (Å²) in [6.07, 6.45) is 5.35. The second-order valence-electron chi connectivity index (χ2n) is 7.16. The quantitative estimate of drug-likeness (QED) is 0.768. The van der Waals surface area contributed by atoms with E-state index < -0.39 is 0 Å². The van der Waals surface area contributed by atoms with Crippen molar-refractivity contribution in [3.8, 4) is 0 Å². The van der Waals surface area contributed by atoms with Crippen LogP contribution in [0.1, 0.15) is 32.1 Å². The van der Waals surface area contributed by atoms with Crippen LogP contribution in [0.5, 0.6) is 0 Å². The highest BCUT2D eigenvalue weighted by Crippen LogP contribution is 2.32. The van der Waals surface area contributed by atoms with Gasteiger partial charge in [0.2, 0.25) is 5.91 Å². The first-order valence-corrected chi connectivity index (χ1v) is 8.89.